The largest absolute Gasteiger partial charge is 0.475 e. The molecular formula is C11H15BrN2O6S. The van der Waals surface area contributed by atoms with Crippen molar-refractivity contribution >= 4 is 37.8 Å². The second kappa shape index (κ2) is 6.58. The number of nitrogens with zero attached hydrogens (tertiary/aromatic N) is 1. The molecule has 0 aromatic carbocycles. The van der Waals surface area contributed by atoms with Gasteiger partial charge in [0, 0.05) is 19.2 Å². The highest BCUT2D eigenvalue weighted by Crippen LogP contribution is 2.28. The molecule has 1 amide bonds. The SMILES string of the molecule is CC(C)NC(=O)CN(C)S(=O)(=O)c1cc(C(=O)O)oc1Br. The first-order valence-corrected chi connectivity index (χ1v) is 8.07. The lowest BCUT2D eigenvalue weighted by Crippen LogP contribution is -2.40. The van der Waals surface area contributed by atoms with E-state index in [-0.39, 0.29) is 22.2 Å². The summed E-state index contributed by atoms with van der Waals surface area (Å²) in [6.45, 7) is 3.11. The standard InChI is InChI=1S/C11H15BrN2O6S/c1-6(2)13-9(15)5-14(3)21(18,19)8-4-7(11(16)17)20-10(8)12/h4,6H,5H2,1-3H3,(H,13,15)(H,16,17). The molecule has 0 aliphatic heterocycles. The quantitative estimate of drug-likeness (QED) is 0.754. The molecule has 0 aliphatic rings. The summed E-state index contributed by atoms with van der Waals surface area (Å²) in [4.78, 5) is 22.0. The van der Waals surface area contributed by atoms with E-state index < -0.39 is 27.7 Å². The van der Waals surface area contributed by atoms with Gasteiger partial charge in [0.2, 0.25) is 21.7 Å². The van der Waals surface area contributed by atoms with E-state index in [4.69, 9.17) is 9.52 Å². The number of hydrogen-bond acceptors (Lipinski definition) is 5. The summed E-state index contributed by atoms with van der Waals surface area (Å²) in [5.74, 6) is -2.37. The number of likely N-dealkylation sites (N-methyl/N-ethyl adjacent to an activating group) is 1. The molecule has 0 aliphatic carbocycles. The Labute approximate surface area is 130 Å². The van der Waals surface area contributed by atoms with Crippen LogP contribution in [-0.2, 0) is 14.8 Å². The molecule has 0 atom stereocenters. The highest BCUT2D eigenvalue weighted by molar-refractivity contribution is 9.10. The van der Waals surface area contributed by atoms with Crippen LogP contribution in [0.4, 0.5) is 0 Å². The van der Waals surface area contributed by atoms with Crippen molar-refractivity contribution in [1.82, 2.24) is 9.62 Å². The van der Waals surface area contributed by atoms with Gasteiger partial charge < -0.3 is 14.8 Å². The second-order valence-electron chi connectivity index (χ2n) is 4.54. The average Bonchev–Trinajstić information content (AvgIpc) is 2.70. The number of carboxylic acids is 1. The molecule has 1 aromatic rings. The number of furan rings is 1. The van der Waals surface area contributed by atoms with Gasteiger partial charge in [0.05, 0.1) is 6.54 Å². The normalized spacial score (nSPS) is 11.9. The van der Waals surface area contributed by atoms with Crippen LogP contribution in [0.5, 0.6) is 0 Å². The third kappa shape index (κ3) is 4.29. The molecule has 1 rings (SSSR count). The van der Waals surface area contributed by atoms with Crippen LogP contribution in [0.15, 0.2) is 20.0 Å². The summed E-state index contributed by atoms with van der Waals surface area (Å²) < 4.78 is 29.9. The third-order valence-corrected chi connectivity index (χ3v) is 5.03. The van der Waals surface area contributed by atoms with E-state index in [1.165, 1.54) is 7.05 Å². The monoisotopic (exact) mass is 382 g/mol. The molecule has 2 N–H and O–H groups in total. The fraction of sp³-hybridized carbons (Fsp3) is 0.455. The minimum Gasteiger partial charge on any atom is -0.475 e. The van der Waals surface area contributed by atoms with Crippen molar-refractivity contribution in [3.63, 3.8) is 0 Å². The topological polar surface area (TPSA) is 117 Å². The molecular weight excluding hydrogens is 368 g/mol. The molecule has 10 heteroatoms. The van der Waals surface area contributed by atoms with Crippen molar-refractivity contribution in [3.8, 4) is 0 Å². The Bertz CT molecular complexity index is 652. The predicted molar refractivity (Wildman–Crippen MR) is 76.5 cm³/mol. The Kier molecular flexibility index (Phi) is 5.54. The van der Waals surface area contributed by atoms with Gasteiger partial charge in [-0.2, -0.15) is 4.31 Å². The number of carbonyl (C=O) groups is 2. The van der Waals surface area contributed by atoms with Gasteiger partial charge in [-0.05, 0) is 29.8 Å². The van der Waals surface area contributed by atoms with Gasteiger partial charge in [-0.3, -0.25) is 4.79 Å². The number of halogens is 1. The number of carbonyl (C=O) groups excluding carboxylic acids is 1. The zero-order valence-electron chi connectivity index (χ0n) is 11.6. The van der Waals surface area contributed by atoms with Crippen molar-refractivity contribution < 1.29 is 27.5 Å². The van der Waals surface area contributed by atoms with Gasteiger partial charge in [-0.15, -0.1) is 0 Å². The maximum atomic E-state index is 12.3. The molecule has 0 saturated heterocycles. The molecule has 0 spiro atoms. The first-order valence-electron chi connectivity index (χ1n) is 5.84. The number of sulfonamides is 1. The van der Waals surface area contributed by atoms with E-state index in [1.807, 2.05) is 0 Å². The number of amides is 1. The van der Waals surface area contributed by atoms with Crippen LogP contribution < -0.4 is 5.32 Å². The van der Waals surface area contributed by atoms with Gasteiger partial charge in [0.1, 0.15) is 4.90 Å². The van der Waals surface area contributed by atoms with E-state index in [2.05, 4.69) is 21.2 Å². The summed E-state index contributed by atoms with van der Waals surface area (Å²) in [6, 6.07) is 0.770. The fourth-order valence-corrected chi connectivity index (χ4v) is 3.48. The Balaban J connectivity index is 3.00. The molecule has 0 fully saturated rings. The first kappa shape index (κ1) is 17.7. The predicted octanol–water partition coefficient (Wildman–Crippen LogP) is 0.885. The van der Waals surface area contributed by atoms with Crippen molar-refractivity contribution in [2.24, 2.45) is 0 Å². The van der Waals surface area contributed by atoms with Crippen LogP contribution in [0.2, 0.25) is 0 Å². The number of hydrogen-bond donors (Lipinski definition) is 2. The minimum atomic E-state index is -4.04. The smallest absolute Gasteiger partial charge is 0.371 e. The van der Waals surface area contributed by atoms with Crippen molar-refractivity contribution in [2.75, 3.05) is 13.6 Å². The maximum absolute atomic E-state index is 12.3. The van der Waals surface area contributed by atoms with Crippen LogP contribution in [-0.4, -0.2) is 49.3 Å². The Morgan fingerprint density at radius 3 is 2.48 bits per heavy atom. The van der Waals surface area contributed by atoms with Crippen LogP contribution in [0, 0.1) is 0 Å². The first-order chi connectivity index (χ1) is 9.55. The Morgan fingerprint density at radius 2 is 2.05 bits per heavy atom. The van der Waals surface area contributed by atoms with Gasteiger partial charge in [0.25, 0.3) is 0 Å². The zero-order valence-corrected chi connectivity index (χ0v) is 14.0. The maximum Gasteiger partial charge on any atom is 0.371 e. The minimum absolute atomic E-state index is 0.118. The number of nitrogens with one attached hydrogen (secondary N) is 1. The molecule has 118 valence electrons. The van der Waals surface area contributed by atoms with Crippen LogP contribution in [0.3, 0.4) is 0 Å². The van der Waals surface area contributed by atoms with Crippen molar-refractivity contribution in [1.29, 1.82) is 0 Å². The Hall–Kier alpha value is -1.39. The summed E-state index contributed by atoms with van der Waals surface area (Å²) >= 11 is 2.86. The van der Waals surface area contributed by atoms with Crippen molar-refractivity contribution in [3.05, 3.63) is 16.5 Å². The molecule has 21 heavy (non-hydrogen) atoms. The van der Waals surface area contributed by atoms with Crippen LogP contribution in [0.1, 0.15) is 24.4 Å². The highest BCUT2D eigenvalue weighted by atomic mass is 79.9. The molecule has 0 bridgehead atoms. The molecule has 8 nitrogen and oxygen atoms in total. The molecule has 0 unspecified atom stereocenters. The number of rotatable bonds is 6. The van der Waals surface area contributed by atoms with Gasteiger partial charge >= 0.3 is 5.97 Å². The van der Waals surface area contributed by atoms with Crippen molar-refractivity contribution in [2.45, 2.75) is 24.8 Å². The summed E-state index contributed by atoms with van der Waals surface area (Å²) in [5, 5.41) is 11.3. The lowest BCUT2D eigenvalue weighted by Gasteiger charge is -2.17. The number of carboxylic acid groups (broad SMARTS) is 1. The third-order valence-electron chi connectivity index (χ3n) is 2.37. The lowest BCUT2D eigenvalue weighted by molar-refractivity contribution is -0.121. The number of aromatic carboxylic acids is 1. The van der Waals surface area contributed by atoms with Crippen LogP contribution in [0.25, 0.3) is 0 Å². The highest BCUT2D eigenvalue weighted by Gasteiger charge is 2.29. The summed E-state index contributed by atoms with van der Waals surface area (Å²) in [5.41, 5.74) is 0. The Morgan fingerprint density at radius 1 is 1.48 bits per heavy atom. The van der Waals surface area contributed by atoms with Gasteiger partial charge in [0.15, 0.2) is 4.67 Å². The van der Waals surface area contributed by atoms with E-state index in [0.29, 0.717) is 0 Å². The van der Waals surface area contributed by atoms with Gasteiger partial charge in [-0.25, -0.2) is 13.2 Å². The van der Waals surface area contributed by atoms with E-state index in [9.17, 15) is 18.0 Å². The van der Waals surface area contributed by atoms with E-state index in [0.717, 1.165) is 10.4 Å². The second-order valence-corrected chi connectivity index (χ2v) is 7.27. The zero-order chi connectivity index (χ0) is 16.4. The molecule has 0 saturated carbocycles. The molecule has 1 heterocycles. The molecule has 1 aromatic heterocycles. The summed E-state index contributed by atoms with van der Waals surface area (Å²) in [6.07, 6.45) is 0. The lowest BCUT2D eigenvalue weighted by atomic mass is 10.4. The van der Waals surface area contributed by atoms with Gasteiger partial charge in [-0.1, -0.05) is 0 Å². The summed E-state index contributed by atoms with van der Waals surface area (Å²) in [7, 11) is -2.83. The fourth-order valence-electron chi connectivity index (χ4n) is 1.46. The average molecular weight is 383 g/mol. The van der Waals surface area contributed by atoms with E-state index >= 15 is 0 Å². The van der Waals surface area contributed by atoms with Crippen LogP contribution >= 0.6 is 15.9 Å². The van der Waals surface area contributed by atoms with E-state index in [1.54, 1.807) is 13.8 Å². The molecule has 0 radical (unpaired) electrons.